The van der Waals surface area contributed by atoms with E-state index in [1.807, 2.05) is 25.1 Å². The first kappa shape index (κ1) is 18.1. The molecule has 6 nitrogen and oxygen atoms in total. The van der Waals surface area contributed by atoms with Gasteiger partial charge in [-0.25, -0.2) is 4.79 Å². The summed E-state index contributed by atoms with van der Waals surface area (Å²) in [6.07, 6.45) is 0.906. The smallest absolute Gasteiger partial charge is 0.337 e. The van der Waals surface area contributed by atoms with Gasteiger partial charge in [-0.15, -0.1) is 0 Å². The summed E-state index contributed by atoms with van der Waals surface area (Å²) in [5.74, 6) is 0.860. The summed E-state index contributed by atoms with van der Waals surface area (Å²) in [4.78, 5) is 12.2. The number of carbonyl (C=O) groups excluding carboxylic acids is 1. The summed E-state index contributed by atoms with van der Waals surface area (Å²) in [6, 6.07) is 5.14. The minimum absolute atomic E-state index is 0.412. The fourth-order valence-corrected chi connectivity index (χ4v) is 2.79. The third kappa shape index (κ3) is 3.79. The molecular formula is C17H22N2O4S. The third-order valence-electron chi connectivity index (χ3n) is 3.66. The van der Waals surface area contributed by atoms with Crippen LogP contribution in [0, 0.1) is 0 Å². The minimum atomic E-state index is -0.416. The molecule has 1 atom stereocenters. The van der Waals surface area contributed by atoms with Crippen LogP contribution in [0.15, 0.2) is 29.5 Å². The lowest BCUT2D eigenvalue weighted by Crippen LogP contribution is -2.45. The number of allylic oxidation sites excluding steroid dienone is 1. The van der Waals surface area contributed by atoms with E-state index in [4.69, 9.17) is 26.4 Å². The molecule has 0 bridgehead atoms. The predicted molar refractivity (Wildman–Crippen MR) is 95.1 cm³/mol. The van der Waals surface area contributed by atoms with Crippen LogP contribution in [-0.2, 0) is 9.53 Å². The summed E-state index contributed by atoms with van der Waals surface area (Å²) >= 11 is 5.22. The Labute approximate surface area is 147 Å². The van der Waals surface area contributed by atoms with E-state index < -0.39 is 12.0 Å². The first-order chi connectivity index (χ1) is 11.5. The average molecular weight is 350 g/mol. The molecule has 1 aliphatic heterocycles. The molecule has 0 radical (unpaired) electrons. The molecule has 0 spiro atoms. The Kier molecular flexibility index (Phi) is 6.03. The number of nitrogens with one attached hydrogen (secondary N) is 2. The average Bonchev–Trinajstić information content (AvgIpc) is 2.58. The molecule has 0 fully saturated rings. The molecule has 2 rings (SSSR count). The van der Waals surface area contributed by atoms with Crippen LogP contribution in [0.1, 0.15) is 31.9 Å². The summed E-state index contributed by atoms with van der Waals surface area (Å²) in [5, 5.41) is 6.52. The summed E-state index contributed by atoms with van der Waals surface area (Å²) in [5.41, 5.74) is 1.98. The van der Waals surface area contributed by atoms with Gasteiger partial charge in [-0.05, 0) is 43.3 Å². The number of methoxy groups -OCH3 is 2. The number of hydrogen-bond acceptors (Lipinski definition) is 5. The van der Waals surface area contributed by atoms with Crippen molar-refractivity contribution in [3.8, 4) is 11.5 Å². The van der Waals surface area contributed by atoms with Crippen molar-refractivity contribution in [1.82, 2.24) is 10.6 Å². The molecular weight excluding hydrogens is 328 g/mol. The fraction of sp³-hybridized carbons (Fsp3) is 0.412. The van der Waals surface area contributed by atoms with Crippen molar-refractivity contribution in [1.29, 1.82) is 0 Å². The molecule has 130 valence electrons. The molecule has 1 aromatic carbocycles. The van der Waals surface area contributed by atoms with Crippen molar-refractivity contribution < 1.29 is 19.0 Å². The number of rotatable bonds is 6. The Bertz CT molecular complexity index is 673. The molecule has 0 amide bonds. The van der Waals surface area contributed by atoms with Gasteiger partial charge in [-0.3, -0.25) is 0 Å². The van der Waals surface area contributed by atoms with Gasteiger partial charge in [0.1, 0.15) is 0 Å². The third-order valence-corrected chi connectivity index (χ3v) is 3.88. The van der Waals surface area contributed by atoms with Crippen LogP contribution < -0.4 is 20.1 Å². The number of benzene rings is 1. The Balaban J connectivity index is 2.42. The number of esters is 1. The zero-order chi connectivity index (χ0) is 17.7. The highest BCUT2D eigenvalue weighted by atomic mass is 32.1. The van der Waals surface area contributed by atoms with E-state index >= 15 is 0 Å². The summed E-state index contributed by atoms with van der Waals surface area (Å²) < 4.78 is 16.0. The fourth-order valence-electron chi connectivity index (χ4n) is 2.52. The van der Waals surface area contributed by atoms with Crippen LogP contribution in [0.5, 0.6) is 11.5 Å². The largest absolute Gasteiger partial charge is 0.493 e. The zero-order valence-corrected chi connectivity index (χ0v) is 15.1. The number of ether oxygens (including phenoxy) is 3. The van der Waals surface area contributed by atoms with Crippen LogP contribution in [0.3, 0.4) is 0 Å². The Morgan fingerprint density at radius 3 is 2.67 bits per heavy atom. The standard InChI is InChI=1S/C17H22N2O4S/c1-5-8-23-12-7-6-11(9-13(12)21-3)15-14(16(20)22-4)10(2)18-17(24)19-15/h6-7,9,15H,5,8H2,1-4H3,(H2,18,19,24)/t15-/m0/s1. The number of carbonyl (C=O) groups is 1. The molecule has 7 heteroatoms. The molecule has 2 N–H and O–H groups in total. The van der Waals surface area contributed by atoms with Crippen molar-refractivity contribution in [3.05, 3.63) is 35.0 Å². The number of thiocarbonyl (C=S) groups is 1. The molecule has 0 saturated carbocycles. The van der Waals surface area contributed by atoms with Gasteiger partial charge in [-0.2, -0.15) is 0 Å². The molecule has 0 aromatic heterocycles. The normalized spacial score (nSPS) is 17.0. The van der Waals surface area contributed by atoms with E-state index in [0.29, 0.717) is 34.5 Å². The maximum Gasteiger partial charge on any atom is 0.337 e. The van der Waals surface area contributed by atoms with Gasteiger partial charge in [0.05, 0.1) is 32.4 Å². The molecule has 1 aliphatic rings. The maximum absolute atomic E-state index is 12.2. The zero-order valence-electron chi connectivity index (χ0n) is 14.3. The number of hydrogen-bond donors (Lipinski definition) is 2. The summed E-state index contributed by atoms with van der Waals surface area (Å²) in [6.45, 7) is 4.44. The topological polar surface area (TPSA) is 68.8 Å². The van der Waals surface area contributed by atoms with Gasteiger partial charge in [0.15, 0.2) is 16.6 Å². The second-order valence-electron chi connectivity index (χ2n) is 5.32. The monoisotopic (exact) mass is 350 g/mol. The first-order valence-corrected chi connectivity index (χ1v) is 8.10. The molecule has 0 aliphatic carbocycles. The first-order valence-electron chi connectivity index (χ1n) is 7.69. The van der Waals surface area contributed by atoms with Gasteiger partial charge in [-0.1, -0.05) is 13.0 Å². The summed E-state index contributed by atoms with van der Waals surface area (Å²) in [7, 11) is 2.94. The SMILES string of the molecule is CCCOc1ccc([C@@H]2NC(=S)NC(C)=C2C(=O)OC)cc1OC. The van der Waals surface area contributed by atoms with Crippen molar-refractivity contribution in [2.45, 2.75) is 26.3 Å². The van der Waals surface area contributed by atoms with Gasteiger partial charge >= 0.3 is 5.97 Å². The van der Waals surface area contributed by atoms with E-state index in [9.17, 15) is 4.79 Å². The highest BCUT2D eigenvalue weighted by Gasteiger charge is 2.31. The second kappa shape index (κ2) is 8.01. The van der Waals surface area contributed by atoms with E-state index in [0.717, 1.165) is 12.0 Å². The highest BCUT2D eigenvalue weighted by Crippen LogP contribution is 2.34. The molecule has 0 saturated heterocycles. The second-order valence-corrected chi connectivity index (χ2v) is 5.73. The Hall–Kier alpha value is -2.28. The lowest BCUT2D eigenvalue weighted by Gasteiger charge is -2.30. The van der Waals surface area contributed by atoms with Crippen LogP contribution in [-0.4, -0.2) is 31.9 Å². The molecule has 1 heterocycles. The quantitative estimate of drug-likeness (QED) is 0.603. The van der Waals surface area contributed by atoms with Gasteiger partial charge in [0.2, 0.25) is 0 Å². The van der Waals surface area contributed by atoms with E-state index in [2.05, 4.69) is 10.6 Å². The molecule has 0 unspecified atom stereocenters. The Morgan fingerprint density at radius 2 is 2.04 bits per heavy atom. The van der Waals surface area contributed by atoms with Gasteiger partial charge in [0, 0.05) is 5.70 Å². The molecule has 1 aromatic rings. The van der Waals surface area contributed by atoms with Crippen LogP contribution in [0.2, 0.25) is 0 Å². The van der Waals surface area contributed by atoms with Crippen LogP contribution >= 0.6 is 12.2 Å². The van der Waals surface area contributed by atoms with Gasteiger partial charge in [0.25, 0.3) is 0 Å². The highest BCUT2D eigenvalue weighted by molar-refractivity contribution is 7.80. The minimum Gasteiger partial charge on any atom is -0.493 e. The van der Waals surface area contributed by atoms with Crippen molar-refractivity contribution in [2.75, 3.05) is 20.8 Å². The van der Waals surface area contributed by atoms with E-state index in [-0.39, 0.29) is 0 Å². The van der Waals surface area contributed by atoms with Crippen molar-refractivity contribution in [2.24, 2.45) is 0 Å². The van der Waals surface area contributed by atoms with Gasteiger partial charge < -0.3 is 24.8 Å². The Morgan fingerprint density at radius 1 is 1.29 bits per heavy atom. The predicted octanol–water partition coefficient (Wildman–Crippen LogP) is 2.45. The van der Waals surface area contributed by atoms with Crippen LogP contribution in [0.25, 0.3) is 0 Å². The van der Waals surface area contributed by atoms with Crippen molar-refractivity contribution >= 4 is 23.3 Å². The maximum atomic E-state index is 12.2. The molecule has 24 heavy (non-hydrogen) atoms. The lowest BCUT2D eigenvalue weighted by molar-refractivity contribution is -0.136. The van der Waals surface area contributed by atoms with E-state index in [1.54, 1.807) is 14.0 Å². The lowest BCUT2D eigenvalue weighted by atomic mass is 9.95. The van der Waals surface area contributed by atoms with Crippen molar-refractivity contribution in [3.63, 3.8) is 0 Å². The van der Waals surface area contributed by atoms with E-state index in [1.165, 1.54) is 7.11 Å². The van der Waals surface area contributed by atoms with Crippen LogP contribution in [0.4, 0.5) is 0 Å².